The summed E-state index contributed by atoms with van der Waals surface area (Å²) in [5.74, 6) is 0. The predicted molar refractivity (Wildman–Crippen MR) is 75.4 cm³/mol. The third-order valence-electron chi connectivity index (χ3n) is 16.2. The van der Waals surface area contributed by atoms with Gasteiger partial charge in [-0.05, 0) is 0 Å². The molecule has 10 heterocycles. The number of fused-ring (bicyclic) bond motifs is 10. The van der Waals surface area contributed by atoms with Crippen LogP contribution in [0.1, 0.15) is 6.92 Å². The molecule has 10 aliphatic rings. The van der Waals surface area contributed by atoms with E-state index in [2.05, 4.69) is 57.8 Å². The van der Waals surface area contributed by atoms with Crippen LogP contribution in [0.3, 0.4) is 0 Å². The third kappa shape index (κ3) is 0.0740. The Morgan fingerprint density at radius 3 is 1.67 bits per heavy atom. The van der Waals surface area contributed by atoms with E-state index in [1.54, 1.807) is 0 Å². The Morgan fingerprint density at radius 1 is 1.00 bits per heavy atom. The Balaban J connectivity index is 1.66. The molecule has 1 nitrogen and oxygen atoms in total. The molecule has 0 bridgehead atoms. The van der Waals surface area contributed by atoms with Crippen LogP contribution in [0.5, 0.6) is 0 Å². The van der Waals surface area contributed by atoms with Crippen LogP contribution in [-0.4, -0.2) is 31.5 Å². The topological polar surface area (TPSA) is 3.24 Å². The van der Waals surface area contributed by atoms with E-state index in [1.807, 2.05) is 0 Å². The van der Waals surface area contributed by atoms with E-state index in [4.69, 9.17) is 0 Å². The van der Waals surface area contributed by atoms with Crippen molar-refractivity contribution in [2.24, 2.45) is 0 Å². The molecule has 0 N–H and O–H groups in total. The van der Waals surface area contributed by atoms with Gasteiger partial charge < -0.3 is 0 Å². The first-order chi connectivity index (χ1) is 8.18. The molecule has 6 atom stereocenters. The van der Waals surface area contributed by atoms with E-state index in [1.165, 1.54) is 33.7 Å². The van der Waals surface area contributed by atoms with Crippen molar-refractivity contribution in [3.05, 3.63) is 0 Å². The molecule has 10 aliphatic heterocycles. The summed E-state index contributed by atoms with van der Waals surface area (Å²) in [5, 5.41) is 0. The van der Waals surface area contributed by atoms with E-state index >= 15 is 0 Å². The summed E-state index contributed by atoms with van der Waals surface area (Å²) in [7, 11) is 4.68. The Labute approximate surface area is 114 Å². The zero-order valence-corrected chi connectivity index (χ0v) is 15.0. The zero-order chi connectivity index (χ0) is 12.0. The van der Waals surface area contributed by atoms with Gasteiger partial charge in [-0.1, -0.05) is 0 Å². The summed E-state index contributed by atoms with van der Waals surface area (Å²) >= 11 is 9.02. The summed E-state index contributed by atoms with van der Waals surface area (Å²) in [4.78, 5) is 12.0. The number of hydrogen-bond donors (Lipinski definition) is 0. The van der Waals surface area contributed by atoms with E-state index in [-0.39, 0.29) is 0 Å². The summed E-state index contributed by atoms with van der Waals surface area (Å²) < 4.78 is 2.35. The molecule has 10 rings (SSSR count). The molecule has 10 saturated heterocycles. The third-order valence-corrected chi connectivity index (χ3v) is 74.5. The number of hydrogen-bond acceptors (Lipinski definition) is 1. The van der Waals surface area contributed by atoms with Crippen molar-refractivity contribution >= 4 is 31.9 Å². The quantitative estimate of drug-likeness (QED) is 0.481. The SMILES string of the molecule is CC(N(C)C)[C]12[CH]3[CH]4[C]5(Br)[C]1(Br)[Fe]43521678[CH]2[CH]1[CH]6[CH]7[CH]28. The first-order valence-corrected chi connectivity index (χ1v) is 15.1. The van der Waals surface area contributed by atoms with E-state index in [0.717, 1.165) is 16.8 Å². The Morgan fingerprint density at radius 2 is 1.50 bits per heavy atom. The van der Waals surface area contributed by atoms with Gasteiger partial charge in [-0.3, -0.25) is 0 Å². The normalized spacial score (nSPS) is 124. The molecule has 0 aromatic heterocycles. The number of alkyl halides is 2. The van der Waals surface area contributed by atoms with Crippen molar-refractivity contribution in [2.75, 3.05) is 14.1 Å². The van der Waals surface area contributed by atoms with E-state index in [0.29, 0.717) is 0 Å². The van der Waals surface area contributed by atoms with Crippen LogP contribution in [0, 0.1) is 0 Å². The molecule has 4 heteroatoms. The van der Waals surface area contributed by atoms with Crippen molar-refractivity contribution < 1.29 is 6.51 Å². The van der Waals surface area contributed by atoms with Crippen LogP contribution in [0.15, 0.2) is 0 Å². The fraction of sp³-hybridized carbons (Fsp3) is 1.00. The van der Waals surface area contributed by atoms with Gasteiger partial charge in [0.25, 0.3) is 0 Å². The minimum absolute atomic E-state index is 0.718. The van der Waals surface area contributed by atoms with Crippen molar-refractivity contribution in [3.63, 3.8) is 0 Å². The molecule has 10 fully saturated rings. The summed E-state index contributed by atoms with van der Waals surface area (Å²) in [6.45, 7) is -0.645. The van der Waals surface area contributed by atoms with Crippen molar-refractivity contribution in [2.45, 2.75) is 57.4 Å². The van der Waals surface area contributed by atoms with Gasteiger partial charge >= 0.3 is 115 Å². The van der Waals surface area contributed by atoms with Gasteiger partial charge in [-0.25, -0.2) is 0 Å². The molecule has 1 spiro atoms. The molecular formula is C14H17Br2FeN. The van der Waals surface area contributed by atoms with Crippen LogP contribution in [0.4, 0.5) is 0 Å². The summed E-state index contributed by atoms with van der Waals surface area (Å²) in [6.07, 6.45) is 0. The Bertz CT molecular complexity index is 1050. The second kappa shape index (κ2) is 0.671. The monoisotopic (exact) mass is 413 g/mol. The summed E-state index contributed by atoms with van der Waals surface area (Å²) in [6, 6.07) is 0.857. The van der Waals surface area contributed by atoms with Gasteiger partial charge in [0.15, 0.2) is 0 Å². The Kier molecular flexibility index (Phi) is 0.305. The summed E-state index contributed by atoms with van der Waals surface area (Å²) in [5.41, 5.74) is 0. The van der Waals surface area contributed by atoms with Gasteiger partial charge in [0, 0.05) is 0 Å². The van der Waals surface area contributed by atoms with Gasteiger partial charge in [-0.2, -0.15) is 0 Å². The standard InChI is InChI=1S/C9H12Br2N.C5H5.Fe/c1-6(12(2)3)7-4-5-8(10)9(7)11;1-2-4-5-3-1;/h4-6H,1-3H3;1-5H;. The van der Waals surface area contributed by atoms with Gasteiger partial charge in [-0.15, -0.1) is 0 Å². The maximum absolute atomic E-state index is 4.54. The first kappa shape index (κ1) is 8.17. The van der Waals surface area contributed by atoms with Crippen LogP contribution in [0.25, 0.3) is 0 Å². The van der Waals surface area contributed by atoms with Crippen LogP contribution >= 0.6 is 31.9 Å². The molecule has 0 radical (unpaired) electrons. The number of nitrogens with zero attached hydrogens (tertiary/aromatic N) is 1. The van der Waals surface area contributed by atoms with Gasteiger partial charge in [0.2, 0.25) is 0 Å². The molecule has 0 amide bonds. The van der Waals surface area contributed by atoms with Crippen molar-refractivity contribution in [1.82, 2.24) is 4.90 Å². The molecule has 0 aromatic carbocycles. The molecule has 0 saturated carbocycles. The second-order valence-corrected chi connectivity index (χ2v) is 38.1. The fourth-order valence-electron chi connectivity index (χ4n) is 18.0. The van der Waals surface area contributed by atoms with E-state index in [9.17, 15) is 0 Å². The molecule has 0 aromatic rings. The first-order valence-electron chi connectivity index (χ1n) is 7.43. The molecular weight excluding hydrogens is 398 g/mol. The Hall–Kier alpha value is 1.44. The van der Waals surface area contributed by atoms with Crippen LogP contribution in [0.2, 0.25) is 38.0 Å². The van der Waals surface area contributed by atoms with Gasteiger partial charge in [0.1, 0.15) is 0 Å². The average Bonchev–Trinajstić information content (AvgIpc) is 3.27. The van der Waals surface area contributed by atoms with Crippen molar-refractivity contribution in [3.8, 4) is 0 Å². The number of rotatable bonds is 2. The maximum atomic E-state index is 4.54. The molecule has 18 heavy (non-hydrogen) atoms. The van der Waals surface area contributed by atoms with Gasteiger partial charge in [0.05, 0.1) is 0 Å². The molecule has 100 valence electrons. The predicted octanol–water partition coefficient (Wildman–Crippen LogP) is 4.30. The minimum atomic E-state index is -3.23. The zero-order valence-electron chi connectivity index (χ0n) is 10.7. The molecule has 6 unspecified atom stereocenters. The van der Waals surface area contributed by atoms with Crippen LogP contribution < -0.4 is 0 Å². The second-order valence-electron chi connectivity index (χ2n) is 11.3. The molecule has 0 aliphatic carbocycles. The van der Waals surface area contributed by atoms with Crippen molar-refractivity contribution in [1.29, 1.82) is 0 Å². The van der Waals surface area contributed by atoms with E-state index < -0.39 is 6.51 Å². The fourth-order valence-corrected chi connectivity index (χ4v) is 120. The van der Waals surface area contributed by atoms with Crippen LogP contribution in [-0.2, 0) is 6.51 Å². The average molecular weight is 415 g/mol. The number of halogens is 2.